The van der Waals surface area contributed by atoms with Crippen molar-refractivity contribution in [2.45, 2.75) is 26.7 Å². The number of rotatable bonds is 6. The Bertz CT molecular complexity index is 453. The lowest BCUT2D eigenvalue weighted by atomic mass is 10.1. The van der Waals surface area contributed by atoms with E-state index in [1.807, 2.05) is 6.92 Å². The number of unbranched alkanes of at least 4 members (excludes halogenated alkanes) is 1. The van der Waals surface area contributed by atoms with Gasteiger partial charge in [-0.3, -0.25) is 4.79 Å². The molecule has 0 atom stereocenters. The quantitative estimate of drug-likeness (QED) is 0.814. The molecule has 0 aliphatic carbocycles. The number of hydrogen-bond acceptors (Lipinski definition) is 3. The zero-order valence-electron chi connectivity index (χ0n) is 12.1. The predicted octanol–water partition coefficient (Wildman–Crippen LogP) is 3.61. The van der Waals surface area contributed by atoms with E-state index < -0.39 is 0 Å². The highest BCUT2D eigenvalue weighted by atomic mass is 35.5. The van der Waals surface area contributed by atoms with Gasteiger partial charge in [0, 0.05) is 19.2 Å². The van der Waals surface area contributed by atoms with Crippen molar-refractivity contribution >= 4 is 35.6 Å². The summed E-state index contributed by atoms with van der Waals surface area (Å²) in [6, 6.07) is 3.16. The molecule has 0 bridgehead atoms. The first-order valence-corrected chi connectivity index (χ1v) is 6.85. The van der Waals surface area contributed by atoms with Gasteiger partial charge in [0.1, 0.15) is 5.75 Å². The number of ether oxygens (including phenoxy) is 1. The average Bonchev–Trinajstić information content (AvgIpc) is 2.41. The van der Waals surface area contributed by atoms with Gasteiger partial charge in [0.2, 0.25) is 0 Å². The molecule has 0 unspecified atom stereocenters. The average molecular weight is 321 g/mol. The molecule has 0 aliphatic heterocycles. The van der Waals surface area contributed by atoms with Crippen molar-refractivity contribution in [1.29, 1.82) is 0 Å². The van der Waals surface area contributed by atoms with E-state index >= 15 is 0 Å². The molecule has 1 aromatic rings. The molecule has 20 heavy (non-hydrogen) atoms. The molecule has 0 spiro atoms. The first kappa shape index (κ1) is 18.9. The highest BCUT2D eigenvalue weighted by Crippen LogP contribution is 2.29. The maximum absolute atomic E-state index is 12.5. The van der Waals surface area contributed by atoms with Crippen LogP contribution in [0.15, 0.2) is 12.1 Å². The van der Waals surface area contributed by atoms with Gasteiger partial charge in [-0.05, 0) is 19.4 Å². The molecule has 0 aliphatic rings. The lowest BCUT2D eigenvalue weighted by Crippen LogP contribution is -2.32. The molecule has 0 saturated heterocycles. The third-order valence-corrected chi connectivity index (χ3v) is 3.33. The minimum absolute atomic E-state index is 0. The lowest BCUT2D eigenvalue weighted by Gasteiger charge is -2.22. The van der Waals surface area contributed by atoms with Crippen molar-refractivity contribution in [3.63, 3.8) is 0 Å². The second-order valence-electron chi connectivity index (χ2n) is 4.31. The first-order valence-electron chi connectivity index (χ1n) is 6.47. The Morgan fingerprint density at radius 3 is 2.55 bits per heavy atom. The van der Waals surface area contributed by atoms with Crippen LogP contribution in [0.2, 0.25) is 5.02 Å². The molecule has 0 radical (unpaired) electrons. The van der Waals surface area contributed by atoms with Gasteiger partial charge in [-0.25, -0.2) is 0 Å². The van der Waals surface area contributed by atoms with Crippen LogP contribution in [0.5, 0.6) is 5.75 Å². The van der Waals surface area contributed by atoms with Crippen molar-refractivity contribution in [2.24, 2.45) is 0 Å². The topological polar surface area (TPSA) is 55.6 Å². The van der Waals surface area contributed by atoms with Crippen molar-refractivity contribution in [3.8, 4) is 5.75 Å². The van der Waals surface area contributed by atoms with Crippen LogP contribution in [0, 0.1) is 0 Å². The van der Waals surface area contributed by atoms with Crippen LogP contribution in [0.3, 0.4) is 0 Å². The van der Waals surface area contributed by atoms with Gasteiger partial charge < -0.3 is 15.4 Å². The molecule has 2 N–H and O–H groups in total. The standard InChI is InChI=1S/C14H21ClN2O2.ClH/c1-4-6-7-17(5-2)14(18)10-8-11(15)12(16)9-13(10)19-3;/h8-9H,4-7,16H2,1-3H3;1H. The molecule has 1 amide bonds. The summed E-state index contributed by atoms with van der Waals surface area (Å²) >= 11 is 5.99. The van der Waals surface area contributed by atoms with Crippen LogP contribution >= 0.6 is 24.0 Å². The molecule has 6 heteroatoms. The summed E-state index contributed by atoms with van der Waals surface area (Å²) in [5.41, 5.74) is 6.58. The number of carbonyl (C=O) groups is 1. The Balaban J connectivity index is 0.00000361. The number of nitrogen functional groups attached to an aromatic ring is 1. The van der Waals surface area contributed by atoms with Gasteiger partial charge in [-0.15, -0.1) is 12.4 Å². The Morgan fingerprint density at radius 2 is 2.05 bits per heavy atom. The summed E-state index contributed by atoms with van der Waals surface area (Å²) in [5, 5.41) is 0.371. The number of methoxy groups -OCH3 is 1. The second-order valence-corrected chi connectivity index (χ2v) is 4.72. The molecule has 0 fully saturated rings. The van der Waals surface area contributed by atoms with Crippen LogP contribution in [0.4, 0.5) is 5.69 Å². The number of nitrogens with two attached hydrogens (primary N) is 1. The van der Waals surface area contributed by atoms with Crippen LogP contribution < -0.4 is 10.5 Å². The number of nitrogens with zero attached hydrogens (tertiary/aromatic N) is 1. The van der Waals surface area contributed by atoms with E-state index in [1.165, 1.54) is 7.11 Å². The molecular formula is C14H22Cl2N2O2. The van der Waals surface area contributed by atoms with E-state index in [2.05, 4.69) is 6.92 Å². The van der Waals surface area contributed by atoms with E-state index in [9.17, 15) is 4.79 Å². The summed E-state index contributed by atoms with van der Waals surface area (Å²) in [7, 11) is 1.52. The van der Waals surface area contributed by atoms with Gasteiger partial charge in [0.25, 0.3) is 5.91 Å². The summed E-state index contributed by atoms with van der Waals surface area (Å²) in [4.78, 5) is 14.3. The summed E-state index contributed by atoms with van der Waals surface area (Å²) in [6.45, 7) is 5.44. The van der Waals surface area contributed by atoms with E-state index in [4.69, 9.17) is 22.1 Å². The molecule has 1 aromatic carbocycles. The smallest absolute Gasteiger partial charge is 0.257 e. The lowest BCUT2D eigenvalue weighted by molar-refractivity contribution is 0.0759. The molecular weight excluding hydrogens is 299 g/mol. The largest absolute Gasteiger partial charge is 0.496 e. The van der Waals surface area contributed by atoms with Crippen LogP contribution in [0.25, 0.3) is 0 Å². The minimum Gasteiger partial charge on any atom is -0.496 e. The highest BCUT2D eigenvalue weighted by molar-refractivity contribution is 6.33. The van der Waals surface area contributed by atoms with Crippen LogP contribution in [-0.2, 0) is 0 Å². The highest BCUT2D eigenvalue weighted by Gasteiger charge is 2.19. The van der Waals surface area contributed by atoms with Gasteiger partial charge in [-0.1, -0.05) is 24.9 Å². The van der Waals surface area contributed by atoms with Crippen molar-refractivity contribution in [2.75, 3.05) is 25.9 Å². The fraction of sp³-hybridized carbons (Fsp3) is 0.500. The molecule has 114 valence electrons. The number of amides is 1. The molecule has 1 rings (SSSR count). The third kappa shape index (κ3) is 4.46. The Labute approximate surface area is 131 Å². The number of anilines is 1. The fourth-order valence-electron chi connectivity index (χ4n) is 1.83. The van der Waals surface area contributed by atoms with Crippen LogP contribution in [0.1, 0.15) is 37.0 Å². The van der Waals surface area contributed by atoms with E-state index in [-0.39, 0.29) is 18.3 Å². The molecule has 0 aromatic heterocycles. The maximum atomic E-state index is 12.5. The van der Waals surface area contributed by atoms with E-state index in [0.717, 1.165) is 19.4 Å². The third-order valence-electron chi connectivity index (χ3n) is 3.00. The number of benzene rings is 1. The summed E-state index contributed by atoms with van der Waals surface area (Å²) in [6.07, 6.45) is 2.02. The van der Waals surface area contributed by atoms with Crippen molar-refractivity contribution in [3.05, 3.63) is 22.7 Å². The predicted molar refractivity (Wildman–Crippen MR) is 86.1 cm³/mol. The normalized spacial score (nSPS) is 9.80. The Hall–Kier alpha value is -1.13. The van der Waals surface area contributed by atoms with Gasteiger partial charge in [0.15, 0.2) is 0 Å². The number of halogens is 2. The minimum atomic E-state index is -0.0744. The zero-order valence-corrected chi connectivity index (χ0v) is 13.7. The fourth-order valence-corrected chi connectivity index (χ4v) is 1.99. The van der Waals surface area contributed by atoms with Gasteiger partial charge >= 0.3 is 0 Å². The Kier molecular flexibility index (Phi) is 8.42. The Morgan fingerprint density at radius 1 is 1.40 bits per heavy atom. The summed E-state index contributed by atoms with van der Waals surface area (Å²) < 4.78 is 5.22. The van der Waals surface area contributed by atoms with E-state index in [0.29, 0.717) is 28.6 Å². The number of hydrogen-bond donors (Lipinski definition) is 1. The maximum Gasteiger partial charge on any atom is 0.257 e. The first-order chi connectivity index (χ1) is 9.04. The summed E-state index contributed by atoms with van der Waals surface area (Å²) in [5.74, 6) is 0.386. The molecule has 0 heterocycles. The van der Waals surface area contributed by atoms with Gasteiger partial charge in [-0.2, -0.15) is 0 Å². The monoisotopic (exact) mass is 320 g/mol. The second kappa shape index (κ2) is 8.93. The molecule has 0 saturated carbocycles. The van der Waals surface area contributed by atoms with Gasteiger partial charge in [0.05, 0.1) is 23.4 Å². The van der Waals surface area contributed by atoms with Crippen molar-refractivity contribution in [1.82, 2.24) is 4.90 Å². The molecule has 4 nitrogen and oxygen atoms in total. The number of carbonyl (C=O) groups excluding carboxylic acids is 1. The SMILES string of the molecule is CCCCN(CC)C(=O)c1cc(Cl)c(N)cc1OC.Cl. The van der Waals surface area contributed by atoms with E-state index in [1.54, 1.807) is 17.0 Å². The van der Waals surface area contributed by atoms with Crippen molar-refractivity contribution < 1.29 is 9.53 Å². The zero-order chi connectivity index (χ0) is 14.4. The van der Waals surface area contributed by atoms with Crippen LogP contribution in [-0.4, -0.2) is 31.0 Å².